The van der Waals surface area contributed by atoms with E-state index in [1.807, 2.05) is 24.3 Å². The molecule has 0 spiro atoms. The highest BCUT2D eigenvalue weighted by molar-refractivity contribution is 5.92. The van der Waals surface area contributed by atoms with Crippen molar-refractivity contribution in [2.24, 2.45) is 17.8 Å². The van der Waals surface area contributed by atoms with Crippen LogP contribution < -0.4 is 14.8 Å². The summed E-state index contributed by atoms with van der Waals surface area (Å²) < 4.78 is 22.9. The number of carbonyl (C=O) groups excluding carboxylic acids is 1. The van der Waals surface area contributed by atoms with E-state index >= 15 is 0 Å². The van der Waals surface area contributed by atoms with Crippen molar-refractivity contribution in [3.63, 3.8) is 0 Å². The summed E-state index contributed by atoms with van der Waals surface area (Å²) in [6.45, 7) is 0.681. The van der Waals surface area contributed by atoms with Crippen LogP contribution in [0.1, 0.15) is 62.8 Å². The molecule has 7 nitrogen and oxygen atoms in total. The van der Waals surface area contributed by atoms with E-state index in [-0.39, 0.29) is 30.8 Å². The Kier molecular flexibility index (Phi) is 5.49. The van der Waals surface area contributed by atoms with Crippen LogP contribution in [0.15, 0.2) is 30.0 Å². The maximum Gasteiger partial charge on any atom is 0.286 e. The maximum absolute atomic E-state index is 13.5. The molecule has 4 saturated carbocycles. The van der Waals surface area contributed by atoms with Crippen LogP contribution in [0.3, 0.4) is 0 Å². The summed E-state index contributed by atoms with van der Waals surface area (Å²) in [4.78, 5) is 13.5. The molecular formula is C26H33NO6. The lowest BCUT2D eigenvalue weighted by molar-refractivity contribution is -0.150. The molecule has 0 saturated heterocycles. The van der Waals surface area contributed by atoms with Gasteiger partial charge in [0, 0.05) is 24.5 Å². The summed E-state index contributed by atoms with van der Waals surface area (Å²) in [5.74, 6) is 3.92. The minimum Gasteiger partial charge on any atom is -0.459 e. The van der Waals surface area contributed by atoms with Crippen molar-refractivity contribution < 1.29 is 28.8 Å². The first-order valence-electron chi connectivity index (χ1n) is 12.4. The Labute approximate surface area is 194 Å². The summed E-state index contributed by atoms with van der Waals surface area (Å²) in [5, 5.41) is 12.5. The van der Waals surface area contributed by atoms with Crippen molar-refractivity contribution in [3.05, 3.63) is 35.6 Å². The zero-order chi connectivity index (χ0) is 22.4. The molecule has 1 amide bonds. The van der Waals surface area contributed by atoms with Crippen molar-refractivity contribution in [2.75, 3.05) is 20.0 Å². The smallest absolute Gasteiger partial charge is 0.286 e. The number of rotatable bonds is 7. The molecule has 0 radical (unpaired) electrons. The summed E-state index contributed by atoms with van der Waals surface area (Å²) in [7, 11) is 0. The fraction of sp³-hybridized carbons (Fsp3) is 0.654. The Balaban J connectivity index is 1.22. The third-order valence-corrected chi connectivity index (χ3v) is 8.13. The third-order valence-electron chi connectivity index (χ3n) is 8.13. The molecule has 0 aromatic heterocycles. The van der Waals surface area contributed by atoms with E-state index in [0.717, 1.165) is 54.1 Å². The number of aliphatic hydroxyl groups excluding tert-OH is 1. The van der Waals surface area contributed by atoms with Gasteiger partial charge in [0.2, 0.25) is 13.1 Å². The molecule has 33 heavy (non-hydrogen) atoms. The Morgan fingerprint density at radius 1 is 1.06 bits per heavy atom. The number of hydrogen-bond acceptors (Lipinski definition) is 6. The van der Waals surface area contributed by atoms with Crippen molar-refractivity contribution in [1.29, 1.82) is 0 Å². The summed E-state index contributed by atoms with van der Waals surface area (Å²) in [6.07, 6.45) is 9.82. The standard InChI is InChI=1S/C26H33NO6/c28-4-1-5-30-24-11-20(19-2-3-21-22(9-19)32-15-31-21)10-23(33-24)25(29)27-26-12-16-6-17(13-26)8-18(7-16)14-26/h2-3,9-10,16-18,20,24,28H,1,4-8,11-15H2,(H,27,29)/t16?,17?,18?,20-,24+,26?/m0/s1. The lowest BCUT2D eigenvalue weighted by atomic mass is 9.53. The number of aliphatic hydroxyl groups is 1. The van der Waals surface area contributed by atoms with E-state index in [9.17, 15) is 4.79 Å². The van der Waals surface area contributed by atoms with Gasteiger partial charge >= 0.3 is 0 Å². The molecule has 0 unspecified atom stereocenters. The topological polar surface area (TPSA) is 86.3 Å². The van der Waals surface area contributed by atoms with Gasteiger partial charge in [-0.1, -0.05) is 6.07 Å². The van der Waals surface area contributed by atoms with Crippen LogP contribution in [0.25, 0.3) is 0 Å². The summed E-state index contributed by atoms with van der Waals surface area (Å²) in [5.41, 5.74) is 0.966. The number of allylic oxidation sites excluding steroid dienone is 1. The average Bonchev–Trinajstić information content (AvgIpc) is 3.26. The van der Waals surface area contributed by atoms with Gasteiger partial charge in [0.05, 0.1) is 6.61 Å². The molecule has 6 aliphatic rings. The molecule has 7 rings (SSSR count). The normalized spacial score (nSPS) is 35.8. The van der Waals surface area contributed by atoms with Gasteiger partial charge < -0.3 is 29.4 Å². The van der Waals surface area contributed by atoms with Crippen LogP contribution in [0.2, 0.25) is 0 Å². The fourth-order valence-corrected chi connectivity index (χ4v) is 7.14. The molecule has 178 valence electrons. The Bertz CT molecular complexity index is 907. The molecule has 4 fully saturated rings. The highest BCUT2D eigenvalue weighted by Gasteiger charge is 2.52. The van der Waals surface area contributed by atoms with Gasteiger partial charge in [-0.05, 0) is 86.5 Å². The lowest BCUT2D eigenvalue weighted by Crippen LogP contribution is -2.60. The highest BCUT2D eigenvalue weighted by atomic mass is 16.7. The van der Waals surface area contributed by atoms with Crippen LogP contribution in [0, 0.1) is 17.8 Å². The van der Waals surface area contributed by atoms with Crippen LogP contribution >= 0.6 is 0 Å². The van der Waals surface area contributed by atoms with Gasteiger partial charge in [-0.25, -0.2) is 0 Å². The Hall–Kier alpha value is -2.25. The number of nitrogens with one attached hydrogen (secondary N) is 1. The summed E-state index contributed by atoms with van der Waals surface area (Å²) >= 11 is 0. The second-order valence-electron chi connectivity index (χ2n) is 10.6. The van der Waals surface area contributed by atoms with E-state index < -0.39 is 6.29 Å². The Morgan fingerprint density at radius 2 is 1.79 bits per heavy atom. The van der Waals surface area contributed by atoms with Crippen LogP contribution in [0.5, 0.6) is 11.5 Å². The molecule has 4 bridgehead atoms. The van der Waals surface area contributed by atoms with Gasteiger partial charge in [0.15, 0.2) is 17.3 Å². The highest BCUT2D eigenvalue weighted by Crippen LogP contribution is 2.55. The summed E-state index contributed by atoms with van der Waals surface area (Å²) in [6, 6.07) is 5.91. The van der Waals surface area contributed by atoms with E-state index in [1.165, 1.54) is 19.3 Å². The zero-order valence-electron chi connectivity index (χ0n) is 19.0. The predicted molar refractivity (Wildman–Crippen MR) is 120 cm³/mol. The van der Waals surface area contributed by atoms with Crippen LogP contribution in [0.4, 0.5) is 0 Å². The van der Waals surface area contributed by atoms with Crippen molar-refractivity contribution in [1.82, 2.24) is 5.32 Å². The first-order valence-corrected chi connectivity index (χ1v) is 12.4. The van der Waals surface area contributed by atoms with Gasteiger partial charge in [-0.15, -0.1) is 0 Å². The van der Waals surface area contributed by atoms with Gasteiger partial charge in [-0.3, -0.25) is 4.79 Å². The molecular weight excluding hydrogens is 422 g/mol. The first kappa shape index (κ1) is 21.3. The van der Waals surface area contributed by atoms with Gasteiger partial charge in [0.1, 0.15) is 0 Å². The number of hydrogen-bond donors (Lipinski definition) is 2. The number of amides is 1. The lowest BCUT2D eigenvalue weighted by Gasteiger charge is -2.56. The number of ether oxygens (including phenoxy) is 4. The van der Waals surface area contributed by atoms with E-state index in [4.69, 9.17) is 24.1 Å². The van der Waals surface area contributed by atoms with Crippen molar-refractivity contribution in [3.8, 4) is 11.5 Å². The molecule has 2 N–H and O–H groups in total. The quantitative estimate of drug-likeness (QED) is 0.611. The first-order chi connectivity index (χ1) is 16.1. The molecule has 7 heteroatoms. The molecule has 2 aliphatic heterocycles. The van der Waals surface area contributed by atoms with Gasteiger partial charge in [0.25, 0.3) is 5.91 Å². The maximum atomic E-state index is 13.5. The van der Waals surface area contributed by atoms with E-state index in [1.54, 1.807) is 0 Å². The van der Waals surface area contributed by atoms with Gasteiger partial charge in [-0.2, -0.15) is 0 Å². The predicted octanol–water partition coefficient (Wildman–Crippen LogP) is 3.61. The average molecular weight is 456 g/mol. The van der Waals surface area contributed by atoms with E-state index in [0.29, 0.717) is 25.2 Å². The monoisotopic (exact) mass is 455 g/mol. The largest absolute Gasteiger partial charge is 0.459 e. The fourth-order valence-electron chi connectivity index (χ4n) is 7.14. The molecule has 1 aromatic rings. The molecule has 2 atom stereocenters. The molecule has 4 aliphatic carbocycles. The second-order valence-corrected chi connectivity index (χ2v) is 10.6. The van der Waals surface area contributed by atoms with Crippen LogP contribution in [-0.4, -0.2) is 42.8 Å². The molecule has 1 aromatic carbocycles. The number of fused-ring (bicyclic) bond motifs is 1. The minimum atomic E-state index is -0.533. The minimum absolute atomic E-state index is 0.0375. The van der Waals surface area contributed by atoms with Crippen LogP contribution in [-0.2, 0) is 14.3 Å². The van der Waals surface area contributed by atoms with Crippen molar-refractivity contribution >= 4 is 5.91 Å². The SMILES string of the molecule is O=C(NC12CC3CC(CC(C3)C1)C2)C1=C[C@H](c2ccc3c(c2)OCO3)C[C@H](OCCCO)O1. The zero-order valence-corrected chi connectivity index (χ0v) is 19.0. The number of carbonyl (C=O) groups is 1. The van der Waals surface area contributed by atoms with Crippen molar-refractivity contribution in [2.45, 2.75) is 69.1 Å². The number of benzene rings is 1. The third kappa shape index (κ3) is 4.21. The van der Waals surface area contributed by atoms with E-state index in [2.05, 4.69) is 5.32 Å². The Morgan fingerprint density at radius 3 is 2.52 bits per heavy atom. The second kappa shape index (κ2) is 8.51. The molecule has 2 heterocycles.